The number of nitrogens with one attached hydrogen (secondary N) is 1. The summed E-state index contributed by atoms with van der Waals surface area (Å²) in [6.07, 6.45) is 28.4. The summed E-state index contributed by atoms with van der Waals surface area (Å²) in [5.41, 5.74) is 2.02. The van der Waals surface area contributed by atoms with Crippen molar-refractivity contribution in [3.05, 3.63) is 41.5 Å². The van der Waals surface area contributed by atoms with Crippen molar-refractivity contribution in [2.45, 2.75) is 180 Å². The number of carboxylic acids is 1. The van der Waals surface area contributed by atoms with Gasteiger partial charge in [-0.15, -0.1) is 0 Å². The zero-order chi connectivity index (χ0) is 34.4. The summed E-state index contributed by atoms with van der Waals surface area (Å²) in [6, 6.07) is 9.52. The maximum atomic E-state index is 14.3. The molecule has 6 nitrogen and oxygen atoms in total. The summed E-state index contributed by atoms with van der Waals surface area (Å²) in [5.74, 6) is -1.23. The second-order valence-electron chi connectivity index (χ2n) is 14.2. The van der Waals surface area contributed by atoms with Crippen molar-refractivity contribution >= 4 is 34.2 Å². The number of nitrogens with zero attached hydrogens (tertiary/aromatic N) is 1. The van der Waals surface area contributed by atoms with Gasteiger partial charge in [0.1, 0.15) is 0 Å². The lowest BCUT2D eigenvalue weighted by Crippen LogP contribution is -2.47. The van der Waals surface area contributed by atoms with Crippen LogP contribution in [0, 0.1) is 0 Å². The van der Waals surface area contributed by atoms with Gasteiger partial charge >= 0.3 is 5.97 Å². The van der Waals surface area contributed by atoms with E-state index in [4.69, 9.17) is 5.11 Å². The van der Waals surface area contributed by atoms with E-state index in [1.807, 2.05) is 30.3 Å². The SMILES string of the molecule is CCCCCCCCCCCCCCCCCCNc1ccc2cccc3c2c1C(=O)N(C(CCCCCC)CCCCC(=O)O)C3=O. The molecule has 0 bridgehead atoms. The Kier molecular flexibility index (Phi) is 19.3. The van der Waals surface area contributed by atoms with Crippen LogP contribution in [-0.2, 0) is 4.79 Å². The standard InChI is InChI=1S/C42H66N2O4/c1-3-5-7-9-10-11-12-13-14-15-16-17-18-19-20-24-33-43-37-32-31-34-26-25-29-36-39(34)40(37)42(48)44(41(36)47)35(27-21-8-6-4-2)28-22-23-30-38(45)46/h25-26,29,31-32,35,43H,3-24,27-28,30,33H2,1-2H3,(H,45,46). The van der Waals surface area contributed by atoms with Crippen molar-refractivity contribution < 1.29 is 19.5 Å². The zero-order valence-corrected chi connectivity index (χ0v) is 30.5. The number of amides is 2. The van der Waals surface area contributed by atoms with Crippen LogP contribution >= 0.6 is 0 Å². The van der Waals surface area contributed by atoms with Crippen LogP contribution in [0.2, 0.25) is 0 Å². The number of carbonyl (C=O) groups is 3. The predicted octanol–water partition coefficient (Wildman–Crippen LogP) is 12.1. The third kappa shape index (κ3) is 13.2. The molecule has 0 aromatic heterocycles. The highest BCUT2D eigenvalue weighted by atomic mass is 16.4. The van der Waals surface area contributed by atoms with Crippen molar-refractivity contribution in [3.63, 3.8) is 0 Å². The summed E-state index contributed by atoms with van der Waals surface area (Å²) in [4.78, 5) is 40.8. The molecule has 0 aliphatic carbocycles. The van der Waals surface area contributed by atoms with Gasteiger partial charge < -0.3 is 10.4 Å². The third-order valence-electron chi connectivity index (χ3n) is 10.2. The Morgan fingerprint density at radius 1 is 0.646 bits per heavy atom. The molecule has 0 radical (unpaired) electrons. The monoisotopic (exact) mass is 663 g/mol. The number of imide groups is 1. The van der Waals surface area contributed by atoms with Crippen molar-refractivity contribution in [2.24, 2.45) is 0 Å². The smallest absolute Gasteiger partial charge is 0.303 e. The number of rotatable bonds is 29. The molecule has 1 unspecified atom stereocenters. The van der Waals surface area contributed by atoms with Gasteiger partial charge in [-0.3, -0.25) is 19.3 Å². The summed E-state index contributed by atoms with van der Waals surface area (Å²) >= 11 is 0. The highest BCUT2D eigenvalue weighted by molar-refractivity contribution is 6.27. The second kappa shape index (κ2) is 23.5. The van der Waals surface area contributed by atoms with E-state index in [2.05, 4.69) is 19.2 Å². The number of unbranched alkanes of at least 4 members (excludes halogenated alkanes) is 19. The van der Waals surface area contributed by atoms with Crippen LogP contribution < -0.4 is 5.32 Å². The van der Waals surface area contributed by atoms with Gasteiger partial charge in [0, 0.05) is 35.6 Å². The third-order valence-corrected chi connectivity index (χ3v) is 10.2. The Morgan fingerprint density at radius 2 is 1.17 bits per heavy atom. The van der Waals surface area contributed by atoms with Crippen LogP contribution in [0.25, 0.3) is 10.8 Å². The second-order valence-corrected chi connectivity index (χ2v) is 14.2. The molecule has 48 heavy (non-hydrogen) atoms. The number of hydrogen-bond donors (Lipinski definition) is 2. The van der Waals surface area contributed by atoms with Crippen molar-refractivity contribution in [2.75, 3.05) is 11.9 Å². The van der Waals surface area contributed by atoms with Gasteiger partial charge in [-0.1, -0.05) is 160 Å². The van der Waals surface area contributed by atoms with E-state index >= 15 is 0 Å². The van der Waals surface area contributed by atoms with Crippen LogP contribution in [0.5, 0.6) is 0 Å². The first-order valence-electron chi connectivity index (χ1n) is 19.9. The fourth-order valence-electron chi connectivity index (χ4n) is 7.36. The Balaban J connectivity index is 1.49. The molecule has 2 N–H and O–H groups in total. The average molecular weight is 663 g/mol. The van der Waals surface area contributed by atoms with Crippen LogP contribution in [-0.4, -0.2) is 40.4 Å². The lowest BCUT2D eigenvalue weighted by molar-refractivity contribution is -0.137. The quantitative estimate of drug-likeness (QED) is 0.0668. The van der Waals surface area contributed by atoms with E-state index in [0.717, 1.165) is 61.5 Å². The van der Waals surface area contributed by atoms with E-state index in [0.29, 0.717) is 30.4 Å². The molecule has 1 aliphatic heterocycles. The molecule has 0 saturated carbocycles. The van der Waals surface area contributed by atoms with E-state index < -0.39 is 5.97 Å². The maximum absolute atomic E-state index is 14.3. The lowest BCUT2D eigenvalue weighted by atomic mass is 9.90. The molecule has 2 amide bonds. The molecule has 3 rings (SSSR count). The van der Waals surface area contributed by atoms with Gasteiger partial charge in [-0.05, 0) is 43.2 Å². The highest BCUT2D eigenvalue weighted by Crippen LogP contribution is 2.37. The van der Waals surface area contributed by atoms with E-state index in [1.165, 1.54) is 101 Å². The first-order chi connectivity index (χ1) is 23.5. The molecule has 1 aliphatic rings. The van der Waals surface area contributed by atoms with E-state index in [9.17, 15) is 14.4 Å². The molecule has 0 fully saturated rings. The molecular formula is C42H66N2O4. The van der Waals surface area contributed by atoms with Gasteiger partial charge in [0.05, 0.1) is 5.56 Å². The topological polar surface area (TPSA) is 86.7 Å². The molecule has 268 valence electrons. The van der Waals surface area contributed by atoms with Crippen LogP contribution in [0.3, 0.4) is 0 Å². The fraction of sp³-hybridized carbons (Fsp3) is 0.690. The Hall–Kier alpha value is -2.89. The van der Waals surface area contributed by atoms with Crippen LogP contribution in [0.15, 0.2) is 30.3 Å². The number of hydrogen-bond acceptors (Lipinski definition) is 4. The van der Waals surface area contributed by atoms with Crippen molar-refractivity contribution in [1.29, 1.82) is 0 Å². The molecule has 6 heteroatoms. The Labute approximate surface area is 291 Å². The van der Waals surface area contributed by atoms with E-state index in [1.54, 1.807) is 0 Å². The van der Waals surface area contributed by atoms with Crippen molar-refractivity contribution in [3.8, 4) is 0 Å². The van der Waals surface area contributed by atoms with Gasteiger partial charge in [0.2, 0.25) is 0 Å². The summed E-state index contributed by atoms with van der Waals surface area (Å²) < 4.78 is 0. The lowest BCUT2D eigenvalue weighted by Gasteiger charge is -2.35. The fourth-order valence-corrected chi connectivity index (χ4v) is 7.36. The van der Waals surface area contributed by atoms with Gasteiger partial charge in [0.15, 0.2) is 0 Å². The first kappa shape index (κ1) is 39.5. The molecular weight excluding hydrogens is 596 g/mol. The molecule has 2 aromatic rings. The number of carboxylic acid groups (broad SMARTS) is 1. The Morgan fingerprint density at radius 3 is 1.73 bits per heavy atom. The summed E-state index contributed by atoms with van der Waals surface area (Å²) in [6.45, 7) is 5.25. The van der Waals surface area contributed by atoms with Crippen LogP contribution in [0.1, 0.15) is 195 Å². The Bertz CT molecular complexity index is 1240. The zero-order valence-electron chi connectivity index (χ0n) is 30.5. The highest BCUT2D eigenvalue weighted by Gasteiger charge is 2.38. The average Bonchev–Trinajstić information content (AvgIpc) is 3.08. The minimum Gasteiger partial charge on any atom is -0.481 e. The van der Waals surface area contributed by atoms with Crippen LogP contribution in [0.4, 0.5) is 5.69 Å². The largest absolute Gasteiger partial charge is 0.481 e. The molecule has 0 spiro atoms. The van der Waals surface area contributed by atoms with Gasteiger partial charge in [-0.2, -0.15) is 0 Å². The normalized spacial score (nSPS) is 13.4. The van der Waals surface area contributed by atoms with E-state index in [-0.39, 0.29) is 24.3 Å². The molecule has 0 saturated heterocycles. The first-order valence-corrected chi connectivity index (χ1v) is 19.9. The minimum atomic E-state index is -0.805. The number of anilines is 1. The maximum Gasteiger partial charge on any atom is 0.303 e. The molecule has 2 aromatic carbocycles. The van der Waals surface area contributed by atoms with Crippen molar-refractivity contribution in [1.82, 2.24) is 4.90 Å². The molecule has 1 heterocycles. The summed E-state index contributed by atoms with van der Waals surface area (Å²) in [5, 5.41) is 14.4. The number of benzene rings is 2. The van der Waals surface area contributed by atoms with Gasteiger partial charge in [0.25, 0.3) is 11.8 Å². The predicted molar refractivity (Wildman–Crippen MR) is 201 cm³/mol. The molecule has 1 atom stereocenters. The number of carbonyl (C=O) groups excluding carboxylic acids is 2. The van der Waals surface area contributed by atoms with Gasteiger partial charge in [-0.25, -0.2) is 0 Å². The minimum absolute atomic E-state index is 0.111. The number of aliphatic carboxylic acids is 1. The summed E-state index contributed by atoms with van der Waals surface area (Å²) in [7, 11) is 0.